The van der Waals surface area contributed by atoms with Crippen molar-refractivity contribution < 1.29 is 19.1 Å². The number of rotatable bonds is 4. The molecule has 14 heavy (non-hydrogen) atoms. The van der Waals surface area contributed by atoms with Gasteiger partial charge in [0.1, 0.15) is 5.76 Å². The molecule has 0 aromatic carbocycles. The van der Waals surface area contributed by atoms with Crippen LogP contribution in [0.4, 0.5) is 4.39 Å². The highest BCUT2D eigenvalue weighted by Gasteiger charge is 2.31. The molecule has 0 amide bonds. The van der Waals surface area contributed by atoms with E-state index < -0.39 is 18.9 Å². The Morgan fingerprint density at radius 3 is 2.29 bits per heavy atom. The Morgan fingerprint density at radius 1 is 1.36 bits per heavy atom. The van der Waals surface area contributed by atoms with E-state index in [1.165, 1.54) is 0 Å². The standard InChI is InChI=1S/C9H14FNO3/c1-6-8(7(2)14-11-6)3-9(10,4-12)5-13/h12-13H,3-5H2,1-2H3. The second-order valence-corrected chi connectivity index (χ2v) is 3.45. The van der Waals surface area contributed by atoms with Crippen LogP contribution in [-0.2, 0) is 6.42 Å². The minimum absolute atomic E-state index is 0.0822. The normalized spacial score (nSPS) is 12.1. The maximum atomic E-state index is 13.6. The van der Waals surface area contributed by atoms with Crippen molar-refractivity contribution in [2.75, 3.05) is 13.2 Å². The van der Waals surface area contributed by atoms with Crippen LogP contribution in [0, 0.1) is 13.8 Å². The molecule has 0 radical (unpaired) electrons. The van der Waals surface area contributed by atoms with Gasteiger partial charge in [-0.2, -0.15) is 0 Å². The molecule has 0 saturated heterocycles. The van der Waals surface area contributed by atoms with Gasteiger partial charge in [0.2, 0.25) is 0 Å². The summed E-state index contributed by atoms with van der Waals surface area (Å²) < 4.78 is 18.5. The topological polar surface area (TPSA) is 66.5 Å². The van der Waals surface area contributed by atoms with Gasteiger partial charge in [-0.15, -0.1) is 0 Å². The fourth-order valence-electron chi connectivity index (χ4n) is 1.23. The molecular weight excluding hydrogens is 189 g/mol. The van der Waals surface area contributed by atoms with Gasteiger partial charge in [-0.05, 0) is 13.8 Å². The lowest BCUT2D eigenvalue weighted by Gasteiger charge is -2.19. The molecule has 0 atom stereocenters. The first-order chi connectivity index (χ1) is 6.52. The quantitative estimate of drug-likeness (QED) is 0.749. The number of aryl methyl sites for hydroxylation is 2. The number of halogens is 1. The molecule has 0 spiro atoms. The van der Waals surface area contributed by atoms with Crippen LogP contribution < -0.4 is 0 Å². The molecular formula is C9H14FNO3. The SMILES string of the molecule is Cc1noc(C)c1CC(F)(CO)CO. The molecule has 0 fully saturated rings. The Labute approximate surface area is 81.3 Å². The van der Waals surface area contributed by atoms with Crippen LogP contribution in [0.15, 0.2) is 4.52 Å². The molecule has 2 N–H and O–H groups in total. The molecule has 0 aliphatic rings. The summed E-state index contributed by atoms with van der Waals surface area (Å²) in [4.78, 5) is 0. The molecule has 0 bridgehead atoms. The zero-order chi connectivity index (χ0) is 10.8. The summed E-state index contributed by atoms with van der Waals surface area (Å²) in [7, 11) is 0. The van der Waals surface area contributed by atoms with E-state index in [0.29, 0.717) is 17.0 Å². The summed E-state index contributed by atoms with van der Waals surface area (Å²) in [5.41, 5.74) is -0.803. The van der Waals surface area contributed by atoms with Gasteiger partial charge < -0.3 is 14.7 Å². The van der Waals surface area contributed by atoms with Crippen LogP contribution in [0.5, 0.6) is 0 Å². The predicted octanol–water partition coefficient (Wildman–Crippen LogP) is 0.527. The second-order valence-electron chi connectivity index (χ2n) is 3.45. The van der Waals surface area contributed by atoms with Gasteiger partial charge in [-0.1, -0.05) is 5.16 Å². The molecule has 1 aromatic heterocycles. The minimum atomic E-state index is -2.00. The fraction of sp³-hybridized carbons (Fsp3) is 0.667. The minimum Gasteiger partial charge on any atom is -0.393 e. The van der Waals surface area contributed by atoms with Crippen LogP contribution in [0.3, 0.4) is 0 Å². The highest BCUT2D eigenvalue weighted by atomic mass is 19.1. The maximum Gasteiger partial charge on any atom is 0.160 e. The van der Waals surface area contributed by atoms with Gasteiger partial charge in [0.05, 0.1) is 18.9 Å². The Hall–Kier alpha value is -0.940. The molecule has 0 saturated carbocycles. The highest BCUT2D eigenvalue weighted by molar-refractivity contribution is 5.23. The van der Waals surface area contributed by atoms with E-state index in [4.69, 9.17) is 14.7 Å². The molecule has 80 valence electrons. The summed E-state index contributed by atoms with van der Waals surface area (Å²) >= 11 is 0. The molecule has 1 aromatic rings. The van der Waals surface area contributed by atoms with Gasteiger partial charge in [-0.25, -0.2) is 4.39 Å². The Kier molecular flexibility index (Phi) is 3.23. The van der Waals surface area contributed by atoms with E-state index in [0.717, 1.165) is 0 Å². The van der Waals surface area contributed by atoms with Crippen molar-refractivity contribution in [2.24, 2.45) is 0 Å². The van der Waals surface area contributed by atoms with E-state index in [9.17, 15) is 4.39 Å². The van der Waals surface area contributed by atoms with Crippen molar-refractivity contribution in [3.05, 3.63) is 17.0 Å². The van der Waals surface area contributed by atoms with Gasteiger partial charge in [0.15, 0.2) is 5.67 Å². The van der Waals surface area contributed by atoms with Crippen molar-refractivity contribution in [1.29, 1.82) is 0 Å². The largest absolute Gasteiger partial charge is 0.393 e. The summed E-state index contributed by atoms with van der Waals surface area (Å²) in [6.45, 7) is 1.94. The molecule has 1 rings (SSSR count). The van der Waals surface area contributed by atoms with Crippen molar-refractivity contribution in [3.63, 3.8) is 0 Å². The zero-order valence-electron chi connectivity index (χ0n) is 8.25. The van der Waals surface area contributed by atoms with E-state index in [1.54, 1.807) is 13.8 Å². The lowest BCUT2D eigenvalue weighted by molar-refractivity contribution is 0.0163. The average molecular weight is 203 g/mol. The van der Waals surface area contributed by atoms with Crippen molar-refractivity contribution in [3.8, 4) is 0 Å². The zero-order valence-corrected chi connectivity index (χ0v) is 8.25. The predicted molar refractivity (Wildman–Crippen MR) is 47.7 cm³/mol. The summed E-state index contributed by atoms with van der Waals surface area (Å²) in [5.74, 6) is 0.520. The number of alkyl halides is 1. The number of aliphatic hydroxyl groups excluding tert-OH is 2. The summed E-state index contributed by atoms with van der Waals surface area (Å²) in [6, 6.07) is 0. The molecule has 0 aliphatic carbocycles. The van der Waals surface area contributed by atoms with Gasteiger partial charge in [0.25, 0.3) is 0 Å². The maximum absolute atomic E-state index is 13.6. The number of aromatic nitrogens is 1. The van der Waals surface area contributed by atoms with E-state index in [1.807, 2.05) is 0 Å². The third kappa shape index (κ3) is 2.10. The molecule has 4 nitrogen and oxygen atoms in total. The third-order valence-corrected chi connectivity index (χ3v) is 2.24. The van der Waals surface area contributed by atoms with Crippen molar-refractivity contribution >= 4 is 0 Å². The van der Waals surface area contributed by atoms with Crippen LogP contribution >= 0.6 is 0 Å². The monoisotopic (exact) mass is 203 g/mol. The molecule has 5 heteroatoms. The van der Waals surface area contributed by atoms with Crippen LogP contribution in [0.25, 0.3) is 0 Å². The van der Waals surface area contributed by atoms with E-state index in [2.05, 4.69) is 5.16 Å². The van der Waals surface area contributed by atoms with Crippen molar-refractivity contribution in [2.45, 2.75) is 25.9 Å². The smallest absolute Gasteiger partial charge is 0.160 e. The average Bonchev–Trinajstić information content (AvgIpc) is 2.49. The van der Waals surface area contributed by atoms with Gasteiger partial charge >= 0.3 is 0 Å². The first-order valence-corrected chi connectivity index (χ1v) is 4.35. The Balaban J connectivity index is 2.87. The highest BCUT2D eigenvalue weighted by Crippen LogP contribution is 2.22. The Morgan fingerprint density at radius 2 is 1.93 bits per heavy atom. The third-order valence-electron chi connectivity index (χ3n) is 2.24. The molecule has 0 unspecified atom stereocenters. The summed E-state index contributed by atoms with van der Waals surface area (Å²) in [5, 5.41) is 21.2. The van der Waals surface area contributed by atoms with Crippen LogP contribution in [-0.4, -0.2) is 34.3 Å². The van der Waals surface area contributed by atoms with Crippen LogP contribution in [0.1, 0.15) is 17.0 Å². The lowest BCUT2D eigenvalue weighted by atomic mass is 9.97. The second kappa shape index (κ2) is 4.06. The number of hydrogen-bond acceptors (Lipinski definition) is 4. The lowest BCUT2D eigenvalue weighted by Crippen LogP contribution is -2.35. The van der Waals surface area contributed by atoms with Gasteiger partial charge in [0, 0.05) is 12.0 Å². The Bertz CT molecular complexity index is 288. The van der Waals surface area contributed by atoms with Crippen molar-refractivity contribution in [1.82, 2.24) is 5.16 Å². The number of aliphatic hydroxyl groups is 2. The first kappa shape index (κ1) is 11.1. The van der Waals surface area contributed by atoms with Crippen LogP contribution in [0.2, 0.25) is 0 Å². The van der Waals surface area contributed by atoms with E-state index >= 15 is 0 Å². The fourth-order valence-corrected chi connectivity index (χ4v) is 1.23. The molecule has 0 aliphatic heterocycles. The van der Waals surface area contributed by atoms with E-state index in [-0.39, 0.29) is 6.42 Å². The number of hydrogen-bond donors (Lipinski definition) is 2. The molecule has 1 heterocycles. The summed E-state index contributed by atoms with van der Waals surface area (Å²) in [6.07, 6.45) is -0.0822. The first-order valence-electron chi connectivity index (χ1n) is 4.35. The van der Waals surface area contributed by atoms with Gasteiger partial charge in [-0.3, -0.25) is 0 Å². The number of nitrogens with zero attached hydrogens (tertiary/aromatic N) is 1.